The van der Waals surface area contributed by atoms with Gasteiger partial charge in [-0.3, -0.25) is 0 Å². The summed E-state index contributed by atoms with van der Waals surface area (Å²) in [4.78, 5) is 8.77. The van der Waals surface area contributed by atoms with Crippen LogP contribution in [-0.4, -0.2) is 43.3 Å². The number of rotatable bonds is 11. The SMILES string of the molecule is CC(C)COc1ccc(-c2ccnc(Nc3ccc(CS(=O)(=O)NCCO)cc3)n2)cc1C#N. The first-order valence-electron chi connectivity index (χ1n) is 10.7. The van der Waals surface area contributed by atoms with Gasteiger partial charge in [0.15, 0.2) is 0 Å². The molecule has 0 amide bonds. The molecule has 0 radical (unpaired) electrons. The van der Waals surface area contributed by atoms with Gasteiger partial charge in [-0.25, -0.2) is 23.1 Å². The van der Waals surface area contributed by atoms with Gasteiger partial charge in [0, 0.05) is 24.0 Å². The number of sulfonamides is 1. The topological polar surface area (TPSA) is 137 Å². The lowest BCUT2D eigenvalue weighted by Crippen LogP contribution is -2.27. The molecular formula is C24H27N5O4S. The van der Waals surface area contributed by atoms with E-state index in [1.807, 2.05) is 19.9 Å². The van der Waals surface area contributed by atoms with Gasteiger partial charge < -0.3 is 15.2 Å². The van der Waals surface area contributed by atoms with E-state index in [2.05, 4.69) is 26.1 Å². The molecule has 1 heterocycles. The minimum absolute atomic E-state index is 0.0147. The number of anilines is 2. The Labute approximate surface area is 199 Å². The molecule has 3 rings (SSSR count). The van der Waals surface area contributed by atoms with Gasteiger partial charge in [-0.1, -0.05) is 26.0 Å². The van der Waals surface area contributed by atoms with Gasteiger partial charge in [-0.15, -0.1) is 0 Å². The molecule has 3 N–H and O–H groups in total. The molecule has 0 atom stereocenters. The quantitative estimate of drug-likeness (QED) is 0.380. The lowest BCUT2D eigenvalue weighted by atomic mass is 10.1. The molecule has 0 bridgehead atoms. The molecule has 178 valence electrons. The van der Waals surface area contributed by atoms with Crippen LogP contribution in [0.3, 0.4) is 0 Å². The van der Waals surface area contributed by atoms with Crippen LogP contribution < -0.4 is 14.8 Å². The number of nitrogens with one attached hydrogen (secondary N) is 2. The highest BCUT2D eigenvalue weighted by Crippen LogP contribution is 2.26. The van der Waals surface area contributed by atoms with Gasteiger partial charge in [0.2, 0.25) is 16.0 Å². The summed E-state index contributed by atoms with van der Waals surface area (Å²) in [5.74, 6) is 1.07. The second-order valence-electron chi connectivity index (χ2n) is 7.99. The predicted octanol–water partition coefficient (Wildman–Crippen LogP) is 3.21. The van der Waals surface area contributed by atoms with Crippen molar-refractivity contribution >= 4 is 21.7 Å². The molecule has 10 heteroatoms. The molecule has 1 aromatic heterocycles. The van der Waals surface area contributed by atoms with Crippen LogP contribution in [0, 0.1) is 17.2 Å². The molecule has 0 unspecified atom stereocenters. The summed E-state index contributed by atoms with van der Waals surface area (Å²) >= 11 is 0. The number of ether oxygens (including phenoxy) is 1. The molecule has 2 aromatic carbocycles. The van der Waals surface area contributed by atoms with Gasteiger partial charge in [-0.05, 0) is 47.9 Å². The summed E-state index contributed by atoms with van der Waals surface area (Å²) in [7, 11) is -3.51. The second kappa shape index (κ2) is 11.6. The molecular weight excluding hydrogens is 454 g/mol. The summed E-state index contributed by atoms with van der Waals surface area (Å²) in [5, 5.41) is 21.4. The third-order valence-corrected chi connectivity index (χ3v) is 5.98. The van der Waals surface area contributed by atoms with Crippen LogP contribution in [0.25, 0.3) is 11.3 Å². The van der Waals surface area contributed by atoms with E-state index < -0.39 is 10.0 Å². The number of aliphatic hydroxyl groups is 1. The first-order chi connectivity index (χ1) is 16.3. The van der Waals surface area contributed by atoms with Crippen LogP contribution in [-0.2, 0) is 15.8 Å². The van der Waals surface area contributed by atoms with Crippen molar-refractivity contribution in [1.29, 1.82) is 5.26 Å². The second-order valence-corrected chi connectivity index (χ2v) is 9.80. The largest absolute Gasteiger partial charge is 0.492 e. The third-order valence-electron chi connectivity index (χ3n) is 4.62. The Morgan fingerprint density at radius 2 is 1.91 bits per heavy atom. The van der Waals surface area contributed by atoms with Crippen LogP contribution in [0.5, 0.6) is 5.75 Å². The fourth-order valence-corrected chi connectivity index (χ4v) is 4.16. The normalized spacial score (nSPS) is 11.3. The van der Waals surface area contributed by atoms with Crippen molar-refractivity contribution in [3.8, 4) is 23.1 Å². The molecule has 9 nitrogen and oxygen atoms in total. The molecule has 0 saturated heterocycles. The predicted molar refractivity (Wildman–Crippen MR) is 130 cm³/mol. The van der Waals surface area contributed by atoms with Crippen molar-refractivity contribution in [2.45, 2.75) is 19.6 Å². The van der Waals surface area contributed by atoms with Gasteiger partial charge in [0.1, 0.15) is 11.8 Å². The number of hydrogen-bond donors (Lipinski definition) is 3. The van der Waals surface area contributed by atoms with Gasteiger partial charge >= 0.3 is 0 Å². The first-order valence-corrected chi connectivity index (χ1v) is 12.4. The molecule has 0 saturated carbocycles. The first kappa shape index (κ1) is 25.1. The maximum absolute atomic E-state index is 12.0. The third kappa shape index (κ3) is 7.25. The number of nitrogens with zero attached hydrogens (tertiary/aromatic N) is 3. The maximum Gasteiger partial charge on any atom is 0.227 e. The summed E-state index contributed by atoms with van der Waals surface area (Å²) in [5.41, 5.74) is 3.13. The Balaban J connectivity index is 1.72. The Morgan fingerprint density at radius 1 is 1.15 bits per heavy atom. The van der Waals surface area contributed by atoms with E-state index in [1.165, 1.54) is 0 Å². The lowest BCUT2D eigenvalue weighted by Gasteiger charge is -2.12. The molecule has 34 heavy (non-hydrogen) atoms. The molecule has 0 aliphatic heterocycles. The monoisotopic (exact) mass is 481 g/mol. The van der Waals surface area contributed by atoms with E-state index in [-0.39, 0.29) is 18.9 Å². The standard InChI is InChI=1S/C24H27N5O4S/c1-17(2)15-33-23-8-5-19(13-20(23)14-25)22-9-10-26-24(29-22)28-21-6-3-18(4-7-21)16-34(31,32)27-11-12-30/h3-10,13,17,27,30H,11-12,15-16H2,1-2H3,(H,26,28,29). The van der Waals surface area contributed by atoms with E-state index in [9.17, 15) is 13.7 Å². The van der Waals surface area contributed by atoms with E-state index in [0.717, 1.165) is 5.56 Å². The zero-order valence-electron chi connectivity index (χ0n) is 19.0. The van der Waals surface area contributed by atoms with Crippen molar-refractivity contribution in [2.24, 2.45) is 5.92 Å². The fourth-order valence-electron chi connectivity index (χ4n) is 3.02. The Bertz CT molecular complexity index is 1260. The average molecular weight is 482 g/mol. The van der Waals surface area contributed by atoms with Crippen molar-refractivity contribution in [2.75, 3.05) is 25.1 Å². The summed E-state index contributed by atoms with van der Waals surface area (Å²) in [6.07, 6.45) is 1.62. The molecule has 0 fully saturated rings. The van der Waals surface area contributed by atoms with Crippen LogP contribution in [0.15, 0.2) is 54.7 Å². The molecule has 0 aliphatic carbocycles. The average Bonchev–Trinajstić information content (AvgIpc) is 2.82. The maximum atomic E-state index is 12.0. The number of nitriles is 1. The zero-order valence-corrected chi connectivity index (χ0v) is 19.8. The molecule has 0 spiro atoms. The van der Waals surface area contributed by atoms with Gasteiger partial charge in [0.25, 0.3) is 0 Å². The summed E-state index contributed by atoms with van der Waals surface area (Å²) in [6.45, 7) is 4.34. The fraction of sp³-hybridized carbons (Fsp3) is 0.292. The van der Waals surface area contributed by atoms with Crippen LogP contribution >= 0.6 is 0 Å². The van der Waals surface area contributed by atoms with Crippen molar-refractivity contribution in [1.82, 2.24) is 14.7 Å². The molecule has 3 aromatic rings. The van der Waals surface area contributed by atoms with E-state index in [1.54, 1.807) is 48.7 Å². The summed E-state index contributed by atoms with van der Waals surface area (Å²) < 4.78 is 31.9. The van der Waals surface area contributed by atoms with Crippen LogP contribution in [0.1, 0.15) is 25.0 Å². The number of aliphatic hydroxyl groups excluding tert-OH is 1. The van der Waals surface area contributed by atoms with Gasteiger partial charge in [0.05, 0.1) is 30.2 Å². The minimum Gasteiger partial charge on any atom is -0.492 e. The van der Waals surface area contributed by atoms with Crippen molar-refractivity contribution in [3.05, 3.63) is 65.9 Å². The van der Waals surface area contributed by atoms with Gasteiger partial charge in [-0.2, -0.15) is 5.26 Å². The number of benzene rings is 2. The van der Waals surface area contributed by atoms with Crippen LogP contribution in [0.2, 0.25) is 0 Å². The van der Waals surface area contributed by atoms with E-state index in [0.29, 0.717) is 46.7 Å². The lowest BCUT2D eigenvalue weighted by molar-refractivity contribution is 0.270. The highest BCUT2D eigenvalue weighted by atomic mass is 32.2. The number of aromatic nitrogens is 2. The van der Waals surface area contributed by atoms with E-state index >= 15 is 0 Å². The van der Waals surface area contributed by atoms with Crippen molar-refractivity contribution in [3.63, 3.8) is 0 Å². The zero-order chi connectivity index (χ0) is 24.6. The Kier molecular flexibility index (Phi) is 8.54. The smallest absolute Gasteiger partial charge is 0.227 e. The Hall–Kier alpha value is -3.52. The minimum atomic E-state index is -3.51. The molecule has 0 aliphatic rings. The number of hydrogen-bond acceptors (Lipinski definition) is 8. The highest BCUT2D eigenvalue weighted by Gasteiger charge is 2.12. The van der Waals surface area contributed by atoms with Crippen LogP contribution in [0.4, 0.5) is 11.6 Å². The van der Waals surface area contributed by atoms with E-state index in [4.69, 9.17) is 9.84 Å². The summed E-state index contributed by atoms with van der Waals surface area (Å²) in [6, 6.07) is 16.1. The Morgan fingerprint density at radius 3 is 2.59 bits per heavy atom. The highest BCUT2D eigenvalue weighted by molar-refractivity contribution is 7.88. The van der Waals surface area contributed by atoms with Crippen molar-refractivity contribution < 1.29 is 18.3 Å².